The van der Waals surface area contributed by atoms with Gasteiger partial charge in [0.1, 0.15) is 5.75 Å². The first-order valence-corrected chi connectivity index (χ1v) is 6.44. The Kier molecular flexibility index (Phi) is 4.20. The third kappa shape index (κ3) is 3.47. The van der Waals surface area contributed by atoms with Crippen molar-refractivity contribution in [1.29, 1.82) is 0 Å². The summed E-state index contributed by atoms with van der Waals surface area (Å²) in [6.07, 6.45) is 0.586. The van der Waals surface area contributed by atoms with Crippen molar-refractivity contribution in [1.82, 2.24) is 10.6 Å². The molecule has 1 fully saturated rings. The number of carbonyl (C=O) groups is 1. The van der Waals surface area contributed by atoms with E-state index in [0.29, 0.717) is 11.7 Å². The molecule has 1 aromatic carbocycles. The Bertz CT molecular complexity index is 395. The lowest BCUT2D eigenvalue weighted by atomic mass is 10.0. The molecule has 4 nitrogen and oxygen atoms in total. The summed E-state index contributed by atoms with van der Waals surface area (Å²) in [6, 6.07) is 7.84. The van der Waals surface area contributed by atoms with Gasteiger partial charge in [-0.2, -0.15) is 0 Å². The lowest BCUT2D eigenvalue weighted by molar-refractivity contribution is 0.197. The molecular formula is C14H20N2O2. The zero-order chi connectivity index (χ0) is 13.0. The molecule has 1 aromatic rings. The molecule has 2 rings (SSSR count). The lowest BCUT2D eigenvalue weighted by Gasteiger charge is -2.12. The van der Waals surface area contributed by atoms with Crippen LogP contribution in [0.15, 0.2) is 24.3 Å². The molecule has 1 heterocycles. The number of ether oxygens (including phenoxy) is 1. The van der Waals surface area contributed by atoms with Gasteiger partial charge in [0.25, 0.3) is 0 Å². The van der Waals surface area contributed by atoms with E-state index in [1.807, 2.05) is 24.3 Å². The summed E-state index contributed by atoms with van der Waals surface area (Å²) in [5.74, 6) is 1.07. The maximum absolute atomic E-state index is 11.6. The molecule has 2 N–H and O–H groups in total. The molecule has 1 atom stereocenters. The van der Waals surface area contributed by atoms with E-state index in [0.717, 1.165) is 19.5 Å². The third-order valence-electron chi connectivity index (χ3n) is 3.14. The van der Waals surface area contributed by atoms with Crippen molar-refractivity contribution in [3.63, 3.8) is 0 Å². The molecule has 1 aliphatic rings. The fourth-order valence-electron chi connectivity index (χ4n) is 2.00. The molecule has 0 aliphatic carbocycles. The Balaban J connectivity index is 1.86. The molecule has 98 valence electrons. The zero-order valence-electron chi connectivity index (χ0n) is 10.9. The summed E-state index contributed by atoms with van der Waals surface area (Å²) in [7, 11) is 0. The van der Waals surface area contributed by atoms with Gasteiger partial charge >= 0.3 is 6.09 Å². The Morgan fingerprint density at radius 2 is 2.11 bits per heavy atom. The molecule has 0 bridgehead atoms. The van der Waals surface area contributed by atoms with Gasteiger partial charge in [-0.05, 0) is 36.6 Å². The molecule has 4 heteroatoms. The standard InChI is InChI=1S/C14H20N2O2/c1-10(2)11-3-5-13(6-4-11)18-14(17)16-12-7-8-15-9-12/h3-6,10,12,15H,7-9H2,1-2H3,(H,16,17). The van der Waals surface area contributed by atoms with Crippen LogP contribution in [-0.2, 0) is 0 Å². The molecule has 18 heavy (non-hydrogen) atoms. The number of benzene rings is 1. The first-order valence-electron chi connectivity index (χ1n) is 6.44. The average Bonchev–Trinajstić information content (AvgIpc) is 2.82. The third-order valence-corrected chi connectivity index (χ3v) is 3.14. The number of rotatable bonds is 3. The minimum atomic E-state index is -0.374. The van der Waals surface area contributed by atoms with Gasteiger partial charge in [-0.3, -0.25) is 0 Å². The van der Waals surface area contributed by atoms with Gasteiger partial charge in [0.05, 0.1) is 0 Å². The number of hydrogen-bond acceptors (Lipinski definition) is 3. The van der Waals surface area contributed by atoms with Crippen LogP contribution < -0.4 is 15.4 Å². The van der Waals surface area contributed by atoms with Gasteiger partial charge in [-0.15, -0.1) is 0 Å². The smallest absolute Gasteiger partial charge is 0.410 e. The predicted molar refractivity (Wildman–Crippen MR) is 71.0 cm³/mol. The van der Waals surface area contributed by atoms with Crippen LogP contribution in [0.25, 0.3) is 0 Å². The fraction of sp³-hybridized carbons (Fsp3) is 0.500. The SMILES string of the molecule is CC(C)c1ccc(OC(=O)NC2CCNC2)cc1. The summed E-state index contributed by atoms with van der Waals surface area (Å²) in [4.78, 5) is 11.6. The summed E-state index contributed by atoms with van der Waals surface area (Å²) in [5, 5.41) is 6.03. The van der Waals surface area contributed by atoms with Crippen LogP contribution in [0.2, 0.25) is 0 Å². The van der Waals surface area contributed by atoms with Crippen LogP contribution in [0.4, 0.5) is 4.79 Å². The molecule has 0 aromatic heterocycles. The van der Waals surface area contributed by atoms with E-state index >= 15 is 0 Å². The number of carbonyl (C=O) groups excluding carboxylic acids is 1. The van der Waals surface area contributed by atoms with Crippen molar-refractivity contribution in [2.75, 3.05) is 13.1 Å². The number of amides is 1. The Morgan fingerprint density at radius 3 is 2.67 bits per heavy atom. The lowest BCUT2D eigenvalue weighted by Crippen LogP contribution is -2.38. The average molecular weight is 248 g/mol. The van der Waals surface area contributed by atoms with Crippen molar-refractivity contribution in [3.8, 4) is 5.75 Å². The van der Waals surface area contributed by atoms with Gasteiger partial charge in [-0.1, -0.05) is 26.0 Å². The topological polar surface area (TPSA) is 50.4 Å². The summed E-state index contributed by atoms with van der Waals surface area (Å²) in [5.41, 5.74) is 1.24. The van der Waals surface area contributed by atoms with E-state index in [1.165, 1.54) is 5.56 Å². The molecule has 1 unspecified atom stereocenters. The first kappa shape index (κ1) is 12.9. The van der Waals surface area contributed by atoms with Gasteiger partial charge in [-0.25, -0.2) is 4.79 Å². The second kappa shape index (κ2) is 5.87. The van der Waals surface area contributed by atoms with Crippen LogP contribution in [-0.4, -0.2) is 25.2 Å². The molecular weight excluding hydrogens is 228 g/mol. The second-order valence-electron chi connectivity index (χ2n) is 4.95. The Morgan fingerprint density at radius 1 is 1.39 bits per heavy atom. The van der Waals surface area contributed by atoms with Gasteiger partial charge < -0.3 is 15.4 Å². The van der Waals surface area contributed by atoms with Crippen molar-refractivity contribution in [2.24, 2.45) is 0 Å². The van der Waals surface area contributed by atoms with Crippen molar-refractivity contribution in [2.45, 2.75) is 32.2 Å². The fourth-order valence-corrected chi connectivity index (χ4v) is 2.00. The molecule has 0 saturated carbocycles. The largest absolute Gasteiger partial charge is 0.412 e. The molecule has 0 spiro atoms. The van der Waals surface area contributed by atoms with Crippen LogP contribution in [0, 0.1) is 0 Å². The van der Waals surface area contributed by atoms with Crippen LogP contribution in [0.5, 0.6) is 5.75 Å². The normalized spacial score (nSPS) is 18.9. The van der Waals surface area contributed by atoms with Crippen molar-refractivity contribution in [3.05, 3.63) is 29.8 Å². The van der Waals surface area contributed by atoms with E-state index in [-0.39, 0.29) is 12.1 Å². The van der Waals surface area contributed by atoms with Crippen LogP contribution in [0.3, 0.4) is 0 Å². The van der Waals surface area contributed by atoms with Gasteiger partial charge in [0, 0.05) is 12.6 Å². The van der Waals surface area contributed by atoms with Gasteiger partial charge in [0.2, 0.25) is 0 Å². The highest BCUT2D eigenvalue weighted by atomic mass is 16.6. The quantitative estimate of drug-likeness (QED) is 0.862. The molecule has 1 aliphatic heterocycles. The minimum absolute atomic E-state index is 0.187. The van der Waals surface area contributed by atoms with E-state index < -0.39 is 0 Å². The van der Waals surface area contributed by atoms with E-state index in [2.05, 4.69) is 24.5 Å². The van der Waals surface area contributed by atoms with E-state index in [9.17, 15) is 4.79 Å². The summed E-state index contributed by atoms with van der Waals surface area (Å²) in [6.45, 7) is 6.04. The molecule has 0 radical (unpaired) electrons. The van der Waals surface area contributed by atoms with E-state index in [4.69, 9.17) is 4.74 Å². The van der Waals surface area contributed by atoms with Gasteiger partial charge in [0.15, 0.2) is 0 Å². The molecule has 1 amide bonds. The minimum Gasteiger partial charge on any atom is -0.410 e. The number of nitrogens with one attached hydrogen (secondary N) is 2. The summed E-state index contributed by atoms with van der Waals surface area (Å²) >= 11 is 0. The number of hydrogen-bond donors (Lipinski definition) is 2. The summed E-state index contributed by atoms with van der Waals surface area (Å²) < 4.78 is 5.23. The zero-order valence-corrected chi connectivity index (χ0v) is 10.9. The van der Waals surface area contributed by atoms with Crippen LogP contribution in [0.1, 0.15) is 31.7 Å². The highest BCUT2D eigenvalue weighted by Gasteiger charge is 2.17. The Labute approximate surface area is 108 Å². The van der Waals surface area contributed by atoms with Crippen LogP contribution >= 0.6 is 0 Å². The predicted octanol–water partition coefficient (Wildman–Crippen LogP) is 2.26. The van der Waals surface area contributed by atoms with E-state index in [1.54, 1.807) is 0 Å². The highest BCUT2D eigenvalue weighted by Crippen LogP contribution is 2.18. The molecule has 1 saturated heterocycles. The second-order valence-corrected chi connectivity index (χ2v) is 4.95. The maximum atomic E-state index is 11.6. The monoisotopic (exact) mass is 248 g/mol. The van der Waals surface area contributed by atoms with Crippen molar-refractivity contribution >= 4 is 6.09 Å². The Hall–Kier alpha value is -1.55. The van der Waals surface area contributed by atoms with Crippen molar-refractivity contribution < 1.29 is 9.53 Å². The highest BCUT2D eigenvalue weighted by molar-refractivity contribution is 5.70. The first-order chi connectivity index (χ1) is 8.65. The maximum Gasteiger partial charge on any atom is 0.412 e.